The van der Waals surface area contributed by atoms with E-state index in [1.165, 1.54) is 7.11 Å². The standard InChI is InChI=1S/C29H42N6O5/c1-19(2)12-16-35-24-10-8-20-17-22(24)27(33-35)28(37)30-13-6-15-34(14-5-7-26(36)31-20)29(38)32-23-18-21(39-3)9-11-25(23)40-4/h9,11,18-20H,5-8,10,12-17H2,1-4H3,(H,30,37)(H,31,36)(H,32,38). The van der Waals surface area contributed by atoms with Crippen LogP contribution in [0.5, 0.6) is 11.5 Å². The molecule has 1 atom stereocenters. The van der Waals surface area contributed by atoms with Gasteiger partial charge in [0, 0.05) is 56.0 Å². The number of urea groups is 1. The van der Waals surface area contributed by atoms with Crippen LogP contribution in [0.1, 0.15) is 67.7 Å². The molecule has 2 aliphatic rings. The predicted octanol–water partition coefficient (Wildman–Crippen LogP) is 3.37. The van der Waals surface area contributed by atoms with Crippen molar-refractivity contribution in [1.29, 1.82) is 0 Å². The van der Waals surface area contributed by atoms with Crippen LogP contribution in [0.2, 0.25) is 0 Å². The van der Waals surface area contributed by atoms with Crippen molar-refractivity contribution in [3.05, 3.63) is 35.2 Å². The Hall–Kier alpha value is -3.76. The van der Waals surface area contributed by atoms with Crippen molar-refractivity contribution in [3.63, 3.8) is 0 Å². The van der Waals surface area contributed by atoms with Crippen molar-refractivity contribution in [2.24, 2.45) is 5.92 Å². The maximum absolute atomic E-state index is 13.3. The van der Waals surface area contributed by atoms with Crippen LogP contribution >= 0.6 is 0 Å². The SMILES string of the molecule is COc1ccc(OC)c(NC(=O)N2CCCNC(=O)c3nn(CCC(C)C)c4c3CC(CC4)NC(=O)CCC2)c1. The van der Waals surface area contributed by atoms with Gasteiger partial charge in [0.25, 0.3) is 5.91 Å². The van der Waals surface area contributed by atoms with Gasteiger partial charge in [0.05, 0.1) is 19.9 Å². The van der Waals surface area contributed by atoms with Gasteiger partial charge < -0.3 is 30.3 Å². The summed E-state index contributed by atoms with van der Waals surface area (Å²) >= 11 is 0. The number of hydrogen-bond donors (Lipinski definition) is 3. The van der Waals surface area contributed by atoms with E-state index in [1.54, 1.807) is 30.2 Å². The van der Waals surface area contributed by atoms with Gasteiger partial charge in [-0.2, -0.15) is 5.10 Å². The summed E-state index contributed by atoms with van der Waals surface area (Å²) < 4.78 is 12.7. The van der Waals surface area contributed by atoms with Gasteiger partial charge >= 0.3 is 6.03 Å². The fourth-order valence-corrected chi connectivity index (χ4v) is 5.27. The van der Waals surface area contributed by atoms with Crippen molar-refractivity contribution in [2.75, 3.05) is 39.2 Å². The fourth-order valence-electron chi connectivity index (χ4n) is 5.27. The number of benzene rings is 1. The first-order valence-corrected chi connectivity index (χ1v) is 14.2. The molecule has 1 aliphatic carbocycles. The van der Waals surface area contributed by atoms with E-state index in [4.69, 9.17) is 14.6 Å². The number of rotatable bonds is 6. The van der Waals surface area contributed by atoms with Crippen molar-refractivity contribution < 1.29 is 23.9 Å². The molecule has 4 amide bonds. The third-order valence-electron chi connectivity index (χ3n) is 7.50. The first-order valence-electron chi connectivity index (χ1n) is 14.2. The number of aryl methyl sites for hydroxylation is 1. The van der Waals surface area contributed by atoms with Gasteiger partial charge in [0.15, 0.2) is 5.69 Å². The largest absolute Gasteiger partial charge is 0.497 e. The highest BCUT2D eigenvalue weighted by Gasteiger charge is 2.30. The van der Waals surface area contributed by atoms with Crippen LogP contribution in [0.25, 0.3) is 0 Å². The van der Waals surface area contributed by atoms with Crippen molar-refractivity contribution >= 4 is 23.5 Å². The van der Waals surface area contributed by atoms with Gasteiger partial charge in [-0.1, -0.05) is 13.8 Å². The van der Waals surface area contributed by atoms with Gasteiger partial charge in [0.1, 0.15) is 11.5 Å². The molecule has 1 aromatic heterocycles. The number of anilines is 1. The van der Waals surface area contributed by atoms with E-state index in [9.17, 15) is 14.4 Å². The second-order valence-corrected chi connectivity index (χ2v) is 10.9. The van der Waals surface area contributed by atoms with Gasteiger partial charge in [-0.05, 0) is 56.6 Å². The molecule has 40 heavy (non-hydrogen) atoms. The van der Waals surface area contributed by atoms with Crippen LogP contribution in [0.3, 0.4) is 0 Å². The molecule has 3 N–H and O–H groups in total. The maximum Gasteiger partial charge on any atom is 0.321 e. The molecule has 1 unspecified atom stereocenters. The molecule has 0 fully saturated rings. The van der Waals surface area contributed by atoms with Crippen LogP contribution in [-0.2, 0) is 24.2 Å². The summed E-state index contributed by atoms with van der Waals surface area (Å²) in [6.45, 7) is 6.33. The predicted molar refractivity (Wildman–Crippen MR) is 152 cm³/mol. The number of carbonyl (C=O) groups excluding carboxylic acids is 3. The maximum atomic E-state index is 13.3. The topological polar surface area (TPSA) is 127 Å². The number of ether oxygens (including phenoxy) is 2. The van der Waals surface area contributed by atoms with Gasteiger partial charge in [-0.25, -0.2) is 4.79 Å². The molecule has 2 aromatic rings. The van der Waals surface area contributed by atoms with Gasteiger partial charge in [0.2, 0.25) is 5.91 Å². The number of aromatic nitrogens is 2. The Morgan fingerprint density at radius 3 is 2.70 bits per heavy atom. The molecule has 0 saturated heterocycles. The number of nitrogens with zero attached hydrogens (tertiary/aromatic N) is 3. The lowest BCUT2D eigenvalue weighted by Crippen LogP contribution is -2.40. The van der Waals surface area contributed by atoms with E-state index in [0.29, 0.717) is 74.1 Å². The zero-order valence-electron chi connectivity index (χ0n) is 24.0. The number of hydrogen-bond acceptors (Lipinski definition) is 6. The smallest absolute Gasteiger partial charge is 0.321 e. The number of methoxy groups -OCH3 is 2. The molecule has 0 radical (unpaired) electrons. The lowest BCUT2D eigenvalue weighted by molar-refractivity contribution is -0.122. The number of nitrogens with one attached hydrogen (secondary N) is 3. The van der Waals surface area contributed by atoms with E-state index in [0.717, 1.165) is 37.1 Å². The summed E-state index contributed by atoms with van der Waals surface area (Å²) in [6, 6.07) is 4.83. The Morgan fingerprint density at radius 1 is 1.15 bits per heavy atom. The summed E-state index contributed by atoms with van der Waals surface area (Å²) in [5.41, 5.74) is 3.00. The molecule has 2 bridgehead atoms. The molecule has 11 nitrogen and oxygen atoms in total. The number of fused-ring (bicyclic) bond motifs is 1. The molecule has 218 valence electrons. The Morgan fingerprint density at radius 2 is 1.95 bits per heavy atom. The minimum atomic E-state index is -0.311. The molecule has 0 saturated carbocycles. The summed E-state index contributed by atoms with van der Waals surface area (Å²) in [5.74, 6) is 1.38. The van der Waals surface area contributed by atoms with E-state index < -0.39 is 0 Å². The van der Waals surface area contributed by atoms with Crippen LogP contribution in [0.15, 0.2) is 18.2 Å². The first kappa shape index (κ1) is 29.2. The molecule has 4 rings (SSSR count). The van der Waals surface area contributed by atoms with Crippen molar-refractivity contribution in [1.82, 2.24) is 25.3 Å². The molecule has 2 heterocycles. The Bertz CT molecular complexity index is 1210. The average Bonchev–Trinajstić information content (AvgIpc) is 3.30. The number of amides is 4. The molecular weight excluding hydrogens is 512 g/mol. The third kappa shape index (κ3) is 7.25. The summed E-state index contributed by atoms with van der Waals surface area (Å²) in [7, 11) is 3.09. The number of carbonyl (C=O) groups is 3. The molecular formula is C29H42N6O5. The van der Waals surface area contributed by atoms with Crippen LogP contribution in [0, 0.1) is 5.92 Å². The first-order chi connectivity index (χ1) is 19.3. The molecule has 0 spiro atoms. The highest BCUT2D eigenvalue weighted by Crippen LogP contribution is 2.29. The third-order valence-corrected chi connectivity index (χ3v) is 7.50. The monoisotopic (exact) mass is 554 g/mol. The van der Waals surface area contributed by atoms with Crippen molar-refractivity contribution in [3.8, 4) is 11.5 Å². The second-order valence-electron chi connectivity index (χ2n) is 10.9. The van der Waals surface area contributed by atoms with Crippen molar-refractivity contribution in [2.45, 2.75) is 71.4 Å². The highest BCUT2D eigenvalue weighted by molar-refractivity contribution is 5.94. The second kappa shape index (κ2) is 13.5. The average molecular weight is 555 g/mol. The van der Waals surface area contributed by atoms with E-state index >= 15 is 0 Å². The Kier molecular flexibility index (Phi) is 9.89. The van der Waals surface area contributed by atoms with E-state index in [1.807, 2.05) is 4.68 Å². The lowest BCUT2D eigenvalue weighted by atomic mass is 9.91. The minimum absolute atomic E-state index is 0.0423. The van der Waals surface area contributed by atoms with Gasteiger partial charge in [-0.3, -0.25) is 14.3 Å². The zero-order chi connectivity index (χ0) is 28.6. The van der Waals surface area contributed by atoms with Crippen LogP contribution in [-0.4, -0.2) is 72.4 Å². The lowest BCUT2D eigenvalue weighted by Gasteiger charge is -2.25. The minimum Gasteiger partial charge on any atom is -0.497 e. The summed E-state index contributed by atoms with van der Waals surface area (Å²) in [5, 5.41) is 13.8. The van der Waals surface area contributed by atoms with E-state index in [-0.39, 0.29) is 23.9 Å². The van der Waals surface area contributed by atoms with Crippen LogP contribution in [0.4, 0.5) is 10.5 Å². The molecule has 11 heteroatoms. The summed E-state index contributed by atoms with van der Waals surface area (Å²) in [6.07, 6.45) is 4.56. The van der Waals surface area contributed by atoms with Gasteiger partial charge in [-0.15, -0.1) is 0 Å². The zero-order valence-corrected chi connectivity index (χ0v) is 24.0. The highest BCUT2D eigenvalue weighted by atomic mass is 16.5. The Labute approximate surface area is 236 Å². The van der Waals surface area contributed by atoms with Crippen LogP contribution < -0.4 is 25.4 Å². The van der Waals surface area contributed by atoms with E-state index in [2.05, 4.69) is 29.8 Å². The normalized spacial score (nSPS) is 18.3. The fraction of sp³-hybridized carbons (Fsp3) is 0.586. The molecule has 1 aliphatic heterocycles. The summed E-state index contributed by atoms with van der Waals surface area (Å²) in [4.78, 5) is 41.0. The Balaban J connectivity index is 1.49. The quantitative estimate of drug-likeness (QED) is 0.503. The molecule has 1 aromatic carbocycles.